The SMILES string of the molecule is CCOC(=O)c1cc2c(c(Cn3cnc4scc(-c5cccc([N+](=O)[O-])c5)c4c3=O)c1)OCOC2. The summed E-state index contributed by atoms with van der Waals surface area (Å²) in [4.78, 5) is 41.6. The van der Waals surface area contributed by atoms with Gasteiger partial charge < -0.3 is 14.2 Å². The molecule has 0 saturated heterocycles. The topological polar surface area (TPSA) is 123 Å². The van der Waals surface area contributed by atoms with Crippen LogP contribution >= 0.6 is 11.3 Å². The van der Waals surface area contributed by atoms with Crippen molar-refractivity contribution in [1.29, 1.82) is 0 Å². The van der Waals surface area contributed by atoms with Crippen LogP contribution in [0.2, 0.25) is 0 Å². The van der Waals surface area contributed by atoms with E-state index in [0.717, 1.165) is 0 Å². The highest BCUT2D eigenvalue weighted by Crippen LogP contribution is 2.33. The van der Waals surface area contributed by atoms with Crippen molar-refractivity contribution in [1.82, 2.24) is 9.55 Å². The second kappa shape index (κ2) is 9.28. The van der Waals surface area contributed by atoms with Gasteiger partial charge in [0, 0.05) is 34.2 Å². The summed E-state index contributed by atoms with van der Waals surface area (Å²) in [5.74, 6) is 0.0781. The molecule has 1 aliphatic heterocycles. The molecule has 10 nitrogen and oxygen atoms in total. The summed E-state index contributed by atoms with van der Waals surface area (Å²) in [5.41, 5.74) is 2.41. The second-order valence-corrected chi connectivity index (χ2v) is 8.63. The van der Waals surface area contributed by atoms with E-state index >= 15 is 0 Å². The fourth-order valence-electron chi connectivity index (χ4n) is 4.01. The van der Waals surface area contributed by atoms with E-state index in [9.17, 15) is 19.7 Å². The first-order valence-corrected chi connectivity index (χ1v) is 11.6. The van der Waals surface area contributed by atoms with Gasteiger partial charge in [-0.15, -0.1) is 11.3 Å². The number of carbonyl (C=O) groups excluding carboxylic acids is 1. The second-order valence-electron chi connectivity index (χ2n) is 7.77. The molecular weight excluding hydrogens is 474 g/mol. The minimum atomic E-state index is -0.478. The van der Waals surface area contributed by atoms with Crippen LogP contribution in [0.25, 0.3) is 21.3 Å². The molecule has 0 radical (unpaired) electrons. The third-order valence-electron chi connectivity index (χ3n) is 5.57. The molecule has 2 aromatic heterocycles. The molecule has 0 unspecified atom stereocenters. The number of hydrogen-bond donors (Lipinski definition) is 0. The molecule has 35 heavy (non-hydrogen) atoms. The van der Waals surface area contributed by atoms with E-state index in [4.69, 9.17) is 14.2 Å². The first-order chi connectivity index (χ1) is 17.0. The van der Waals surface area contributed by atoms with Gasteiger partial charge in [-0.25, -0.2) is 9.78 Å². The van der Waals surface area contributed by atoms with Gasteiger partial charge in [-0.2, -0.15) is 0 Å². The highest BCUT2D eigenvalue weighted by Gasteiger charge is 2.22. The predicted molar refractivity (Wildman–Crippen MR) is 128 cm³/mol. The Balaban J connectivity index is 1.60. The van der Waals surface area contributed by atoms with Gasteiger partial charge in [0.2, 0.25) is 0 Å². The average molecular weight is 493 g/mol. The molecule has 1 aliphatic rings. The maximum atomic E-state index is 13.5. The van der Waals surface area contributed by atoms with Crippen LogP contribution < -0.4 is 10.3 Å². The maximum absolute atomic E-state index is 13.5. The molecule has 5 rings (SSSR count). The Bertz CT molecular complexity index is 1530. The van der Waals surface area contributed by atoms with Gasteiger partial charge in [0.1, 0.15) is 10.6 Å². The van der Waals surface area contributed by atoms with Crippen molar-refractivity contribution in [3.05, 3.63) is 85.3 Å². The maximum Gasteiger partial charge on any atom is 0.338 e. The van der Waals surface area contributed by atoms with Crippen molar-refractivity contribution in [2.45, 2.75) is 20.1 Å². The zero-order valence-electron chi connectivity index (χ0n) is 18.6. The number of hydrogen-bond acceptors (Lipinski definition) is 9. The number of carbonyl (C=O) groups is 1. The lowest BCUT2D eigenvalue weighted by Gasteiger charge is -2.22. The number of nitro groups is 1. The fraction of sp³-hybridized carbons (Fsp3) is 0.208. The van der Waals surface area contributed by atoms with Crippen molar-refractivity contribution in [2.75, 3.05) is 13.4 Å². The van der Waals surface area contributed by atoms with Gasteiger partial charge in [-0.3, -0.25) is 19.5 Å². The number of nitrogens with zero attached hydrogens (tertiary/aromatic N) is 3. The van der Waals surface area contributed by atoms with Crippen LogP contribution in [0.4, 0.5) is 5.69 Å². The highest BCUT2D eigenvalue weighted by molar-refractivity contribution is 7.17. The number of non-ortho nitro benzene ring substituents is 1. The van der Waals surface area contributed by atoms with Crippen molar-refractivity contribution >= 4 is 33.2 Å². The summed E-state index contributed by atoms with van der Waals surface area (Å²) in [6.45, 7) is 2.39. The van der Waals surface area contributed by atoms with Crippen molar-refractivity contribution in [2.24, 2.45) is 0 Å². The molecule has 0 atom stereocenters. The molecule has 0 saturated carbocycles. The van der Waals surface area contributed by atoms with Gasteiger partial charge in [-0.05, 0) is 24.6 Å². The predicted octanol–water partition coefficient (Wildman–Crippen LogP) is 4.12. The zero-order valence-corrected chi connectivity index (χ0v) is 19.4. The molecule has 178 valence electrons. The Hall–Kier alpha value is -4.09. The fourth-order valence-corrected chi connectivity index (χ4v) is 4.92. The molecule has 4 aromatic rings. The minimum Gasteiger partial charge on any atom is -0.467 e. The lowest BCUT2D eigenvalue weighted by Crippen LogP contribution is -2.23. The summed E-state index contributed by atoms with van der Waals surface area (Å²) >= 11 is 1.29. The standard InChI is InChI=1S/C24H19N3O7S/c1-2-33-24(29)15-6-16(21-17(7-15)10-32-13-34-21)9-26-12-25-22-20(23(26)28)19(11-35-22)14-4-3-5-18(8-14)27(30)31/h3-8,11-12H,2,9-10,13H2,1H3. The van der Waals surface area contributed by atoms with Gasteiger partial charge in [0.15, 0.2) is 6.79 Å². The quantitative estimate of drug-likeness (QED) is 0.223. The Labute approximate surface area is 202 Å². The van der Waals surface area contributed by atoms with Crippen LogP contribution in [0.15, 0.2) is 52.9 Å². The van der Waals surface area contributed by atoms with Gasteiger partial charge in [0.25, 0.3) is 11.2 Å². The third-order valence-corrected chi connectivity index (χ3v) is 6.45. The van der Waals surface area contributed by atoms with E-state index in [2.05, 4.69) is 4.98 Å². The number of esters is 1. The number of ether oxygens (including phenoxy) is 3. The molecule has 11 heteroatoms. The van der Waals surface area contributed by atoms with E-state index in [1.807, 2.05) is 0 Å². The summed E-state index contributed by atoms with van der Waals surface area (Å²) in [6, 6.07) is 9.45. The molecule has 0 bridgehead atoms. The van der Waals surface area contributed by atoms with E-state index < -0.39 is 10.9 Å². The van der Waals surface area contributed by atoms with Crippen LogP contribution in [0.3, 0.4) is 0 Å². The molecule has 0 spiro atoms. The Morgan fingerprint density at radius 3 is 2.97 bits per heavy atom. The summed E-state index contributed by atoms with van der Waals surface area (Å²) in [6.07, 6.45) is 1.45. The van der Waals surface area contributed by atoms with Crippen LogP contribution in [0.5, 0.6) is 5.75 Å². The summed E-state index contributed by atoms with van der Waals surface area (Å²) in [5, 5.41) is 13.4. The molecule has 0 fully saturated rings. The summed E-state index contributed by atoms with van der Waals surface area (Å²) < 4.78 is 17.6. The molecule has 2 aromatic carbocycles. The van der Waals surface area contributed by atoms with Crippen molar-refractivity contribution in [3.63, 3.8) is 0 Å². The lowest BCUT2D eigenvalue weighted by atomic mass is 10.0. The van der Waals surface area contributed by atoms with Crippen LogP contribution in [-0.2, 0) is 22.6 Å². The van der Waals surface area contributed by atoms with Gasteiger partial charge in [0.05, 0.1) is 42.0 Å². The van der Waals surface area contributed by atoms with E-state index in [1.165, 1.54) is 34.4 Å². The number of rotatable bonds is 6. The molecular formula is C24H19N3O7S. The Kier molecular flexibility index (Phi) is 6.01. The first-order valence-electron chi connectivity index (χ1n) is 10.7. The number of benzene rings is 2. The third kappa shape index (κ3) is 4.27. The lowest BCUT2D eigenvalue weighted by molar-refractivity contribution is -0.384. The highest BCUT2D eigenvalue weighted by atomic mass is 32.1. The number of thiophene rings is 1. The van der Waals surface area contributed by atoms with Crippen LogP contribution in [0.1, 0.15) is 28.4 Å². The largest absolute Gasteiger partial charge is 0.467 e. The van der Waals surface area contributed by atoms with Crippen LogP contribution in [0, 0.1) is 10.1 Å². The van der Waals surface area contributed by atoms with E-state index in [0.29, 0.717) is 43.8 Å². The van der Waals surface area contributed by atoms with Crippen LogP contribution in [-0.4, -0.2) is 33.8 Å². The number of fused-ring (bicyclic) bond motifs is 2. The van der Waals surface area contributed by atoms with Crippen molar-refractivity contribution < 1.29 is 23.9 Å². The first kappa shape index (κ1) is 22.7. The average Bonchev–Trinajstić information content (AvgIpc) is 3.31. The van der Waals surface area contributed by atoms with E-state index in [1.54, 1.807) is 36.6 Å². The van der Waals surface area contributed by atoms with Gasteiger partial charge in [-0.1, -0.05) is 12.1 Å². The molecule has 0 N–H and O–H groups in total. The number of nitro benzene ring substituents is 1. The zero-order chi connectivity index (χ0) is 24.5. The minimum absolute atomic E-state index is 0.0619. The smallest absolute Gasteiger partial charge is 0.338 e. The summed E-state index contributed by atoms with van der Waals surface area (Å²) in [7, 11) is 0. The Morgan fingerprint density at radius 2 is 2.17 bits per heavy atom. The monoisotopic (exact) mass is 493 g/mol. The van der Waals surface area contributed by atoms with Gasteiger partial charge >= 0.3 is 5.97 Å². The van der Waals surface area contributed by atoms with Crippen molar-refractivity contribution in [3.8, 4) is 16.9 Å². The molecule has 0 amide bonds. The molecule has 3 heterocycles. The normalized spacial score (nSPS) is 12.7. The van der Waals surface area contributed by atoms with E-state index in [-0.39, 0.29) is 37.8 Å². The number of aromatic nitrogens is 2. The Morgan fingerprint density at radius 1 is 1.31 bits per heavy atom. The molecule has 0 aliphatic carbocycles.